The van der Waals surface area contributed by atoms with Gasteiger partial charge in [0.1, 0.15) is 6.04 Å². The van der Waals surface area contributed by atoms with E-state index in [0.29, 0.717) is 19.2 Å². The first-order valence-electron chi connectivity index (χ1n) is 5.25. The lowest BCUT2D eigenvalue weighted by Crippen LogP contribution is -2.45. The zero-order valence-corrected chi connectivity index (χ0v) is 9.44. The molecule has 1 unspecified atom stereocenters. The molecule has 1 saturated carbocycles. The first-order valence-corrected chi connectivity index (χ1v) is 5.25. The third-order valence-corrected chi connectivity index (χ3v) is 2.58. The summed E-state index contributed by atoms with van der Waals surface area (Å²) in [6.45, 7) is 2.05. The largest absolute Gasteiger partial charge is 0.468 e. The summed E-state index contributed by atoms with van der Waals surface area (Å²) in [5.74, 6) is -0.349. The van der Waals surface area contributed by atoms with Crippen LogP contribution < -0.4 is 5.73 Å². The fraction of sp³-hybridized carbons (Fsp3) is 0.900. The molecule has 0 aromatic rings. The van der Waals surface area contributed by atoms with Crippen LogP contribution >= 0.6 is 0 Å². The highest BCUT2D eigenvalue weighted by molar-refractivity contribution is 5.75. The maximum Gasteiger partial charge on any atom is 0.323 e. The lowest BCUT2D eigenvalue weighted by molar-refractivity contribution is -0.142. The molecule has 1 rings (SSSR count). The van der Waals surface area contributed by atoms with Crippen molar-refractivity contribution in [3.8, 4) is 0 Å². The number of nitrogens with zero attached hydrogens (tertiary/aromatic N) is 1. The summed E-state index contributed by atoms with van der Waals surface area (Å²) >= 11 is 0. The van der Waals surface area contributed by atoms with Crippen molar-refractivity contribution in [1.29, 1.82) is 0 Å². The minimum absolute atomic E-state index is 0.349. The Balaban J connectivity index is 2.32. The molecular formula is C10H20N2O3. The van der Waals surface area contributed by atoms with Gasteiger partial charge in [0, 0.05) is 26.2 Å². The summed E-state index contributed by atoms with van der Waals surface area (Å²) in [4.78, 5) is 13.4. The van der Waals surface area contributed by atoms with E-state index in [1.165, 1.54) is 20.0 Å². The summed E-state index contributed by atoms with van der Waals surface area (Å²) in [5.41, 5.74) is 5.71. The number of rotatable bonds is 7. The molecule has 0 heterocycles. The van der Waals surface area contributed by atoms with Crippen LogP contribution in [0.3, 0.4) is 0 Å². The highest BCUT2D eigenvalue weighted by Gasteiger charge is 2.31. The van der Waals surface area contributed by atoms with Crippen LogP contribution in [-0.4, -0.2) is 56.9 Å². The molecule has 0 aromatic carbocycles. The molecule has 1 aliphatic rings. The first-order chi connectivity index (χ1) is 7.19. The second-order valence-corrected chi connectivity index (χ2v) is 3.85. The molecule has 0 radical (unpaired) electrons. The van der Waals surface area contributed by atoms with E-state index in [0.717, 1.165) is 6.54 Å². The Kier molecular flexibility index (Phi) is 5.01. The Morgan fingerprint density at radius 3 is 2.67 bits per heavy atom. The van der Waals surface area contributed by atoms with Gasteiger partial charge in [-0.05, 0) is 12.8 Å². The van der Waals surface area contributed by atoms with Crippen molar-refractivity contribution in [2.75, 3.05) is 33.9 Å². The number of hydrogen-bond donors (Lipinski definition) is 1. The van der Waals surface area contributed by atoms with Crippen LogP contribution in [0.25, 0.3) is 0 Å². The summed E-state index contributed by atoms with van der Waals surface area (Å²) in [7, 11) is 3.03. The van der Waals surface area contributed by atoms with Crippen molar-refractivity contribution in [3.63, 3.8) is 0 Å². The van der Waals surface area contributed by atoms with Gasteiger partial charge in [-0.2, -0.15) is 0 Å². The topological polar surface area (TPSA) is 64.8 Å². The molecule has 0 spiro atoms. The van der Waals surface area contributed by atoms with E-state index in [1.807, 2.05) is 0 Å². The third kappa shape index (κ3) is 4.15. The van der Waals surface area contributed by atoms with Crippen LogP contribution in [0.1, 0.15) is 12.8 Å². The highest BCUT2D eigenvalue weighted by Crippen LogP contribution is 2.26. The Morgan fingerprint density at radius 2 is 2.20 bits per heavy atom. The Morgan fingerprint density at radius 1 is 1.53 bits per heavy atom. The predicted octanol–water partition coefficient (Wildman–Crippen LogP) is -0.402. The van der Waals surface area contributed by atoms with E-state index in [-0.39, 0.29) is 5.97 Å². The van der Waals surface area contributed by atoms with Crippen LogP contribution in [0.4, 0.5) is 0 Å². The molecule has 88 valence electrons. The lowest BCUT2D eigenvalue weighted by atomic mass is 10.3. The quantitative estimate of drug-likeness (QED) is 0.586. The van der Waals surface area contributed by atoms with E-state index in [4.69, 9.17) is 10.5 Å². The molecule has 15 heavy (non-hydrogen) atoms. The number of esters is 1. The molecular weight excluding hydrogens is 196 g/mol. The molecule has 1 fully saturated rings. The molecule has 2 N–H and O–H groups in total. The van der Waals surface area contributed by atoms with Gasteiger partial charge in [0.25, 0.3) is 0 Å². The molecule has 5 heteroatoms. The Hall–Kier alpha value is -0.650. The number of methoxy groups -OCH3 is 2. The van der Waals surface area contributed by atoms with Crippen LogP contribution in [-0.2, 0) is 14.3 Å². The number of carbonyl (C=O) groups is 1. The van der Waals surface area contributed by atoms with Crippen LogP contribution in [0.15, 0.2) is 0 Å². The predicted molar refractivity (Wildman–Crippen MR) is 56.5 cm³/mol. The molecule has 0 aromatic heterocycles. The third-order valence-electron chi connectivity index (χ3n) is 2.58. The fourth-order valence-electron chi connectivity index (χ4n) is 1.55. The van der Waals surface area contributed by atoms with Crippen molar-refractivity contribution in [1.82, 2.24) is 4.90 Å². The van der Waals surface area contributed by atoms with E-state index in [2.05, 4.69) is 9.64 Å². The molecule has 1 atom stereocenters. The van der Waals surface area contributed by atoms with Crippen molar-refractivity contribution in [2.24, 2.45) is 5.73 Å². The zero-order valence-electron chi connectivity index (χ0n) is 9.44. The van der Waals surface area contributed by atoms with E-state index >= 15 is 0 Å². The molecule has 0 amide bonds. The average molecular weight is 216 g/mol. The van der Waals surface area contributed by atoms with Crippen molar-refractivity contribution >= 4 is 5.97 Å². The van der Waals surface area contributed by atoms with Crippen molar-refractivity contribution in [2.45, 2.75) is 24.9 Å². The minimum atomic E-state index is -0.549. The average Bonchev–Trinajstić information content (AvgIpc) is 3.06. The fourth-order valence-corrected chi connectivity index (χ4v) is 1.55. The summed E-state index contributed by atoms with van der Waals surface area (Å²) in [6.07, 6.45) is 2.38. The van der Waals surface area contributed by atoms with Gasteiger partial charge in [-0.15, -0.1) is 0 Å². The van der Waals surface area contributed by atoms with Crippen LogP contribution in [0.2, 0.25) is 0 Å². The van der Waals surface area contributed by atoms with Gasteiger partial charge in [-0.3, -0.25) is 9.69 Å². The molecule has 0 aliphatic heterocycles. The summed E-state index contributed by atoms with van der Waals surface area (Å²) < 4.78 is 9.62. The van der Waals surface area contributed by atoms with Gasteiger partial charge in [0.05, 0.1) is 13.7 Å². The van der Waals surface area contributed by atoms with Gasteiger partial charge in [0.15, 0.2) is 0 Å². The molecule has 1 aliphatic carbocycles. The Bertz CT molecular complexity index is 207. The number of nitrogens with two attached hydrogens (primary N) is 1. The van der Waals surface area contributed by atoms with Gasteiger partial charge < -0.3 is 15.2 Å². The van der Waals surface area contributed by atoms with E-state index in [1.54, 1.807) is 7.11 Å². The second kappa shape index (κ2) is 6.05. The molecule has 0 bridgehead atoms. The van der Waals surface area contributed by atoms with Crippen LogP contribution in [0, 0.1) is 0 Å². The molecule has 0 saturated heterocycles. The molecule has 5 nitrogen and oxygen atoms in total. The maximum absolute atomic E-state index is 11.2. The monoisotopic (exact) mass is 216 g/mol. The normalized spacial score (nSPS) is 17.9. The van der Waals surface area contributed by atoms with E-state index < -0.39 is 6.04 Å². The van der Waals surface area contributed by atoms with Gasteiger partial charge >= 0.3 is 5.97 Å². The zero-order chi connectivity index (χ0) is 11.3. The number of carbonyl (C=O) groups excluding carboxylic acids is 1. The first kappa shape index (κ1) is 12.4. The smallest absolute Gasteiger partial charge is 0.323 e. The van der Waals surface area contributed by atoms with Gasteiger partial charge in [-0.25, -0.2) is 0 Å². The van der Waals surface area contributed by atoms with Gasteiger partial charge in [0.2, 0.25) is 0 Å². The summed E-state index contributed by atoms with van der Waals surface area (Å²) in [5, 5.41) is 0. The standard InChI is InChI=1S/C10H20N2O3/c1-14-6-5-12(8-3-4-8)7-9(11)10(13)15-2/h8-9H,3-7,11H2,1-2H3. The Labute approximate surface area is 90.5 Å². The number of hydrogen-bond acceptors (Lipinski definition) is 5. The van der Waals surface area contributed by atoms with Crippen molar-refractivity contribution in [3.05, 3.63) is 0 Å². The highest BCUT2D eigenvalue weighted by atomic mass is 16.5. The second-order valence-electron chi connectivity index (χ2n) is 3.85. The SMILES string of the molecule is COCCN(CC(N)C(=O)OC)C1CC1. The van der Waals surface area contributed by atoms with Gasteiger partial charge in [-0.1, -0.05) is 0 Å². The summed E-state index contributed by atoms with van der Waals surface area (Å²) in [6, 6.07) is 0.0308. The maximum atomic E-state index is 11.2. The minimum Gasteiger partial charge on any atom is -0.468 e. The van der Waals surface area contributed by atoms with Crippen LogP contribution in [0.5, 0.6) is 0 Å². The van der Waals surface area contributed by atoms with E-state index in [9.17, 15) is 4.79 Å². The lowest BCUT2D eigenvalue weighted by Gasteiger charge is -2.23. The van der Waals surface area contributed by atoms with Crippen molar-refractivity contribution < 1.29 is 14.3 Å². The number of ether oxygens (including phenoxy) is 2.